The van der Waals surface area contributed by atoms with E-state index in [0.29, 0.717) is 18.0 Å². The van der Waals surface area contributed by atoms with Gasteiger partial charge in [0.15, 0.2) is 11.6 Å². The molecule has 0 fully saturated rings. The second-order valence-electron chi connectivity index (χ2n) is 3.74. The zero-order valence-corrected chi connectivity index (χ0v) is 8.48. The standard InChI is InChI=1S/C11H15F2N/c1-8(2)6-14-7-9-4-3-5-10(12)11(9)13/h3-5,8,14H,6-7H2,1-2H3. The van der Waals surface area contributed by atoms with Crippen molar-refractivity contribution >= 4 is 0 Å². The lowest BCUT2D eigenvalue weighted by atomic mass is 10.2. The molecule has 1 rings (SSSR count). The molecule has 0 aliphatic heterocycles. The van der Waals surface area contributed by atoms with Crippen molar-refractivity contribution in [3.63, 3.8) is 0 Å². The van der Waals surface area contributed by atoms with Crippen LogP contribution in [0.3, 0.4) is 0 Å². The Morgan fingerprint density at radius 2 is 2.00 bits per heavy atom. The van der Waals surface area contributed by atoms with Crippen LogP contribution in [0.25, 0.3) is 0 Å². The molecule has 1 aromatic rings. The molecule has 3 heteroatoms. The lowest BCUT2D eigenvalue weighted by Crippen LogP contribution is -2.19. The molecular weight excluding hydrogens is 184 g/mol. The van der Waals surface area contributed by atoms with Gasteiger partial charge in [0.25, 0.3) is 0 Å². The second kappa shape index (κ2) is 5.05. The van der Waals surface area contributed by atoms with Crippen LogP contribution in [-0.4, -0.2) is 6.54 Å². The highest BCUT2D eigenvalue weighted by Gasteiger charge is 2.06. The minimum Gasteiger partial charge on any atom is -0.312 e. The number of halogens is 2. The van der Waals surface area contributed by atoms with Crippen molar-refractivity contribution in [3.8, 4) is 0 Å². The average Bonchev–Trinajstić information content (AvgIpc) is 2.12. The molecule has 0 saturated carbocycles. The smallest absolute Gasteiger partial charge is 0.163 e. The quantitative estimate of drug-likeness (QED) is 0.786. The predicted octanol–water partition coefficient (Wildman–Crippen LogP) is 2.71. The van der Waals surface area contributed by atoms with Crippen LogP contribution in [0.2, 0.25) is 0 Å². The average molecular weight is 199 g/mol. The molecular formula is C11H15F2N. The van der Waals surface area contributed by atoms with Crippen LogP contribution in [0, 0.1) is 17.6 Å². The molecule has 14 heavy (non-hydrogen) atoms. The summed E-state index contributed by atoms with van der Waals surface area (Å²) in [5.41, 5.74) is 0.380. The van der Waals surface area contributed by atoms with Crippen molar-refractivity contribution in [2.45, 2.75) is 20.4 Å². The Bertz CT molecular complexity index is 297. The maximum Gasteiger partial charge on any atom is 0.163 e. The summed E-state index contributed by atoms with van der Waals surface area (Å²) in [4.78, 5) is 0. The molecule has 0 unspecified atom stereocenters. The topological polar surface area (TPSA) is 12.0 Å². The highest BCUT2D eigenvalue weighted by Crippen LogP contribution is 2.10. The van der Waals surface area contributed by atoms with E-state index >= 15 is 0 Å². The van der Waals surface area contributed by atoms with Gasteiger partial charge in [-0.05, 0) is 18.5 Å². The maximum absolute atomic E-state index is 13.1. The Morgan fingerprint density at radius 1 is 1.29 bits per heavy atom. The van der Waals surface area contributed by atoms with Gasteiger partial charge in [0.05, 0.1) is 0 Å². The molecule has 0 saturated heterocycles. The van der Waals surface area contributed by atoms with Crippen molar-refractivity contribution in [1.82, 2.24) is 5.32 Å². The first-order valence-corrected chi connectivity index (χ1v) is 4.75. The highest BCUT2D eigenvalue weighted by atomic mass is 19.2. The van der Waals surface area contributed by atoms with Crippen LogP contribution in [0.15, 0.2) is 18.2 Å². The summed E-state index contributed by atoms with van der Waals surface area (Å²) in [7, 11) is 0. The van der Waals surface area contributed by atoms with Crippen LogP contribution in [-0.2, 0) is 6.54 Å². The van der Waals surface area contributed by atoms with Crippen LogP contribution >= 0.6 is 0 Å². The molecule has 0 heterocycles. The Labute approximate surface area is 83.1 Å². The summed E-state index contributed by atoms with van der Waals surface area (Å²) < 4.78 is 25.9. The molecule has 0 bridgehead atoms. The van der Waals surface area contributed by atoms with Crippen LogP contribution in [0.5, 0.6) is 0 Å². The van der Waals surface area contributed by atoms with Crippen molar-refractivity contribution in [1.29, 1.82) is 0 Å². The van der Waals surface area contributed by atoms with Crippen LogP contribution < -0.4 is 5.32 Å². The van der Waals surface area contributed by atoms with Gasteiger partial charge in [-0.2, -0.15) is 0 Å². The molecule has 78 valence electrons. The summed E-state index contributed by atoms with van der Waals surface area (Å²) in [6.45, 7) is 5.31. The Balaban J connectivity index is 2.54. The van der Waals surface area contributed by atoms with E-state index in [1.54, 1.807) is 6.07 Å². The van der Waals surface area contributed by atoms with E-state index in [9.17, 15) is 8.78 Å². The molecule has 0 aliphatic rings. The zero-order chi connectivity index (χ0) is 10.6. The number of hydrogen-bond donors (Lipinski definition) is 1. The summed E-state index contributed by atoms with van der Waals surface area (Å²) in [6.07, 6.45) is 0. The van der Waals surface area contributed by atoms with Gasteiger partial charge in [-0.3, -0.25) is 0 Å². The van der Waals surface area contributed by atoms with Gasteiger partial charge >= 0.3 is 0 Å². The van der Waals surface area contributed by atoms with Crippen LogP contribution in [0.4, 0.5) is 8.78 Å². The number of hydrogen-bond acceptors (Lipinski definition) is 1. The molecule has 0 atom stereocenters. The van der Waals surface area contributed by atoms with Crippen LogP contribution in [0.1, 0.15) is 19.4 Å². The third kappa shape index (κ3) is 3.07. The maximum atomic E-state index is 13.1. The van der Waals surface area contributed by atoms with E-state index in [4.69, 9.17) is 0 Å². The van der Waals surface area contributed by atoms with Gasteiger partial charge in [-0.15, -0.1) is 0 Å². The van der Waals surface area contributed by atoms with Gasteiger partial charge in [0, 0.05) is 12.1 Å². The molecule has 1 nitrogen and oxygen atoms in total. The summed E-state index contributed by atoms with van der Waals surface area (Å²) in [6, 6.07) is 4.23. The Kier molecular flexibility index (Phi) is 4.01. The largest absolute Gasteiger partial charge is 0.312 e. The zero-order valence-electron chi connectivity index (χ0n) is 8.48. The molecule has 1 aromatic carbocycles. The normalized spacial score (nSPS) is 10.9. The summed E-state index contributed by atoms with van der Waals surface area (Å²) in [5, 5.41) is 3.06. The van der Waals surface area contributed by atoms with Gasteiger partial charge in [-0.25, -0.2) is 8.78 Å². The fourth-order valence-electron chi connectivity index (χ4n) is 1.18. The molecule has 0 amide bonds. The fourth-order valence-corrected chi connectivity index (χ4v) is 1.18. The first kappa shape index (κ1) is 11.1. The van der Waals surface area contributed by atoms with E-state index in [1.807, 2.05) is 0 Å². The van der Waals surface area contributed by atoms with E-state index in [-0.39, 0.29) is 0 Å². The molecule has 1 N–H and O–H groups in total. The first-order valence-electron chi connectivity index (χ1n) is 4.75. The minimum absolute atomic E-state index is 0.377. The Hall–Kier alpha value is -0.960. The monoisotopic (exact) mass is 199 g/mol. The number of benzene rings is 1. The first-order chi connectivity index (χ1) is 6.61. The summed E-state index contributed by atoms with van der Waals surface area (Å²) >= 11 is 0. The molecule has 0 radical (unpaired) electrons. The molecule has 0 aliphatic carbocycles. The van der Waals surface area contributed by atoms with E-state index in [0.717, 1.165) is 12.6 Å². The van der Waals surface area contributed by atoms with Crippen molar-refractivity contribution in [2.24, 2.45) is 5.92 Å². The highest BCUT2D eigenvalue weighted by molar-refractivity contribution is 5.18. The van der Waals surface area contributed by atoms with Gasteiger partial charge < -0.3 is 5.32 Å². The van der Waals surface area contributed by atoms with Gasteiger partial charge in [0.2, 0.25) is 0 Å². The van der Waals surface area contributed by atoms with Crippen molar-refractivity contribution < 1.29 is 8.78 Å². The predicted molar refractivity (Wildman–Crippen MR) is 52.9 cm³/mol. The van der Waals surface area contributed by atoms with Gasteiger partial charge in [-0.1, -0.05) is 26.0 Å². The van der Waals surface area contributed by atoms with E-state index in [2.05, 4.69) is 19.2 Å². The van der Waals surface area contributed by atoms with Crippen molar-refractivity contribution in [2.75, 3.05) is 6.54 Å². The lowest BCUT2D eigenvalue weighted by molar-refractivity contribution is 0.485. The summed E-state index contributed by atoms with van der Waals surface area (Å²) in [5.74, 6) is -1.02. The fraction of sp³-hybridized carbons (Fsp3) is 0.455. The molecule has 0 spiro atoms. The third-order valence-electron chi connectivity index (χ3n) is 1.90. The third-order valence-corrected chi connectivity index (χ3v) is 1.90. The van der Waals surface area contributed by atoms with E-state index < -0.39 is 11.6 Å². The van der Waals surface area contributed by atoms with E-state index in [1.165, 1.54) is 6.07 Å². The minimum atomic E-state index is -0.783. The number of rotatable bonds is 4. The second-order valence-corrected chi connectivity index (χ2v) is 3.74. The molecule has 0 aromatic heterocycles. The number of nitrogens with one attached hydrogen (secondary N) is 1. The SMILES string of the molecule is CC(C)CNCc1cccc(F)c1F. The van der Waals surface area contributed by atoms with Crippen molar-refractivity contribution in [3.05, 3.63) is 35.4 Å². The van der Waals surface area contributed by atoms with Gasteiger partial charge in [0.1, 0.15) is 0 Å². The lowest BCUT2D eigenvalue weighted by Gasteiger charge is -2.08. The Morgan fingerprint density at radius 3 is 2.64 bits per heavy atom.